The van der Waals surface area contributed by atoms with Gasteiger partial charge in [0.1, 0.15) is 24.0 Å². The number of piperidine rings is 1. The van der Waals surface area contributed by atoms with Gasteiger partial charge < -0.3 is 9.47 Å². The Bertz CT molecular complexity index is 1490. The first-order chi connectivity index (χ1) is 17.3. The molecule has 0 unspecified atom stereocenters. The number of rotatable bonds is 6. The zero-order chi connectivity index (χ0) is 25.3. The molecule has 0 radical (unpaired) electrons. The van der Waals surface area contributed by atoms with Crippen LogP contribution < -0.4 is 4.72 Å². The first kappa shape index (κ1) is 23.9. The number of nitrogens with one attached hydrogen (secondary N) is 1. The number of carbonyl (C=O) groups is 1. The second-order valence-corrected chi connectivity index (χ2v) is 10.6. The Hall–Kier alpha value is -3.79. The predicted octanol–water partition coefficient (Wildman–Crippen LogP) is 4.83. The highest BCUT2D eigenvalue weighted by atomic mass is 32.2. The van der Waals surface area contributed by atoms with E-state index in [4.69, 9.17) is 0 Å². The van der Waals surface area contributed by atoms with Gasteiger partial charge in [-0.3, -0.25) is 9.52 Å². The molecule has 190 valence electrons. The van der Waals surface area contributed by atoms with Gasteiger partial charge in [0.2, 0.25) is 5.91 Å². The molecule has 0 spiro atoms. The van der Waals surface area contributed by atoms with Crippen molar-refractivity contribution in [2.24, 2.45) is 0 Å². The summed E-state index contributed by atoms with van der Waals surface area (Å²) in [6, 6.07) is 14.5. The van der Waals surface area contributed by atoms with Crippen molar-refractivity contribution in [2.45, 2.75) is 36.6 Å². The van der Waals surface area contributed by atoms with Gasteiger partial charge in [0, 0.05) is 33.7 Å². The Morgan fingerprint density at radius 1 is 1.11 bits per heavy atom. The lowest BCUT2D eigenvalue weighted by Gasteiger charge is -2.34. The molecule has 1 aliphatic rings. The number of halogens is 1. The van der Waals surface area contributed by atoms with Crippen LogP contribution in [0.4, 0.5) is 10.2 Å². The second-order valence-electron chi connectivity index (χ2n) is 8.94. The molecule has 2 aromatic heterocycles. The number of sulfonamides is 1. The number of nitrogens with zero attached hydrogens (tertiary/aromatic N) is 4. The van der Waals surface area contributed by atoms with Gasteiger partial charge in [-0.15, -0.1) is 0 Å². The summed E-state index contributed by atoms with van der Waals surface area (Å²) < 4.78 is 43.6. The minimum Gasteiger partial charge on any atom is -0.341 e. The molecule has 4 aromatic rings. The van der Waals surface area contributed by atoms with E-state index in [9.17, 15) is 17.6 Å². The van der Waals surface area contributed by atoms with E-state index >= 15 is 0 Å². The van der Waals surface area contributed by atoms with E-state index in [-0.39, 0.29) is 31.2 Å². The van der Waals surface area contributed by atoms with Gasteiger partial charge in [-0.05, 0) is 67.6 Å². The third kappa shape index (κ3) is 4.68. The monoisotopic (exact) mass is 511 g/mol. The van der Waals surface area contributed by atoms with Crippen LogP contribution in [-0.2, 0) is 14.8 Å². The molecule has 0 aliphatic carbocycles. The molecule has 1 aliphatic heterocycles. The summed E-state index contributed by atoms with van der Waals surface area (Å²) in [6.07, 6.45) is 6.07. The van der Waals surface area contributed by atoms with E-state index in [1.165, 1.54) is 24.7 Å². The van der Waals surface area contributed by atoms with Crippen LogP contribution in [0.5, 0.6) is 0 Å². The van der Waals surface area contributed by atoms with Gasteiger partial charge in [-0.25, -0.2) is 22.8 Å². The van der Waals surface area contributed by atoms with Crippen molar-refractivity contribution in [1.29, 1.82) is 0 Å². The van der Waals surface area contributed by atoms with Crippen LogP contribution in [-0.4, -0.2) is 46.8 Å². The van der Waals surface area contributed by atoms with E-state index in [0.717, 1.165) is 18.4 Å². The molecule has 0 bridgehead atoms. The fourth-order valence-corrected chi connectivity index (χ4v) is 5.78. The summed E-state index contributed by atoms with van der Waals surface area (Å²) in [5.41, 5.74) is 1.75. The third-order valence-electron chi connectivity index (χ3n) is 6.77. The zero-order valence-electron chi connectivity index (χ0n) is 19.7. The number of fused-ring (bicyclic) bond motifs is 1. The largest absolute Gasteiger partial charge is 0.341 e. The zero-order valence-corrected chi connectivity index (χ0v) is 20.5. The first-order valence-electron chi connectivity index (χ1n) is 11.8. The molecular weight excluding hydrogens is 481 g/mol. The minimum absolute atomic E-state index is 0. The van der Waals surface area contributed by atoms with Crippen molar-refractivity contribution in [3.05, 3.63) is 84.7 Å². The Morgan fingerprint density at radius 3 is 2.56 bits per heavy atom. The smallest absolute Gasteiger partial charge is 0.263 e. The SMILES string of the molecule is C[C@@H](C(=O)N1CCC(c2ccc(S(=O)(=O)Nc3ccncn3)cc2)CC1)n1ccc2c(F)cccc21.[HH].[HH]. The molecule has 2 aromatic carbocycles. The molecule has 1 saturated heterocycles. The number of carbonyl (C=O) groups excluding carboxylic acids is 1. The topological polar surface area (TPSA) is 97.2 Å². The van der Waals surface area contributed by atoms with Gasteiger partial charge in [0.15, 0.2) is 0 Å². The Kier molecular flexibility index (Phi) is 6.44. The van der Waals surface area contributed by atoms with Crippen molar-refractivity contribution >= 4 is 32.7 Å². The normalized spacial score (nSPS) is 15.7. The molecular formula is C26H30FN5O3S. The van der Waals surface area contributed by atoms with Crippen molar-refractivity contribution in [3.8, 4) is 0 Å². The quantitative estimate of drug-likeness (QED) is 0.400. The van der Waals surface area contributed by atoms with Crippen LogP contribution in [0, 0.1) is 5.82 Å². The average molecular weight is 512 g/mol. The number of aromatic nitrogens is 3. The maximum absolute atomic E-state index is 14.1. The summed E-state index contributed by atoms with van der Waals surface area (Å²) in [4.78, 5) is 22.9. The molecule has 36 heavy (non-hydrogen) atoms. The van der Waals surface area contributed by atoms with Crippen molar-refractivity contribution in [1.82, 2.24) is 19.4 Å². The Morgan fingerprint density at radius 2 is 1.86 bits per heavy atom. The summed E-state index contributed by atoms with van der Waals surface area (Å²) in [5, 5.41) is 0.508. The van der Waals surface area contributed by atoms with Crippen LogP contribution in [0.3, 0.4) is 0 Å². The molecule has 1 atom stereocenters. The number of anilines is 1. The number of hydrogen-bond donors (Lipinski definition) is 1. The minimum atomic E-state index is -3.75. The summed E-state index contributed by atoms with van der Waals surface area (Å²) in [7, 11) is -3.75. The standard InChI is InChI=1S/C26H26FN5O3S.2H2/c1-18(32-16-12-22-23(27)3-2-4-24(22)32)26(33)31-14-10-20(11-15-31)19-5-7-21(8-6-19)36(34,35)30-25-9-13-28-17-29-25;;/h2-9,12-13,16-18,20H,10-11,14-15H2,1H3,(H,28,29,30);2*1H/t18-;;/m0../s1. The lowest BCUT2D eigenvalue weighted by atomic mass is 9.89. The van der Waals surface area contributed by atoms with Crippen LogP contribution >= 0.6 is 0 Å². The van der Waals surface area contributed by atoms with Crippen molar-refractivity contribution in [2.75, 3.05) is 17.8 Å². The van der Waals surface area contributed by atoms with E-state index in [2.05, 4.69) is 14.7 Å². The molecule has 5 rings (SSSR count). The highest BCUT2D eigenvalue weighted by Crippen LogP contribution is 2.31. The van der Waals surface area contributed by atoms with Gasteiger partial charge in [-0.1, -0.05) is 18.2 Å². The third-order valence-corrected chi connectivity index (χ3v) is 8.14. The van der Waals surface area contributed by atoms with Gasteiger partial charge >= 0.3 is 0 Å². The Labute approximate surface area is 211 Å². The van der Waals surface area contributed by atoms with Crippen molar-refractivity contribution in [3.63, 3.8) is 0 Å². The maximum atomic E-state index is 14.1. The Balaban J connectivity index is 0.00000200. The fourth-order valence-electron chi connectivity index (χ4n) is 4.77. The maximum Gasteiger partial charge on any atom is 0.263 e. The van der Waals surface area contributed by atoms with Crippen LogP contribution in [0.25, 0.3) is 10.9 Å². The fraction of sp³-hybridized carbons (Fsp3) is 0.269. The molecule has 1 amide bonds. The summed E-state index contributed by atoms with van der Waals surface area (Å²) in [6.45, 7) is 3.06. The summed E-state index contributed by atoms with van der Waals surface area (Å²) >= 11 is 0. The summed E-state index contributed by atoms with van der Waals surface area (Å²) in [5.74, 6) is 0.151. The molecule has 1 fully saturated rings. The van der Waals surface area contributed by atoms with Crippen molar-refractivity contribution < 1.29 is 20.5 Å². The molecule has 8 nitrogen and oxygen atoms in total. The highest BCUT2D eigenvalue weighted by Gasteiger charge is 2.28. The van der Waals surface area contributed by atoms with Gasteiger partial charge in [-0.2, -0.15) is 0 Å². The molecule has 10 heteroatoms. The lowest BCUT2D eigenvalue weighted by Crippen LogP contribution is -2.41. The highest BCUT2D eigenvalue weighted by molar-refractivity contribution is 7.92. The number of hydrogen-bond acceptors (Lipinski definition) is 5. The molecule has 3 heterocycles. The number of likely N-dealkylation sites (tertiary alicyclic amines) is 1. The predicted molar refractivity (Wildman–Crippen MR) is 139 cm³/mol. The first-order valence-corrected chi connectivity index (χ1v) is 13.2. The van der Waals surface area contributed by atoms with Gasteiger partial charge in [0.25, 0.3) is 10.0 Å². The van der Waals surface area contributed by atoms with E-state index < -0.39 is 16.1 Å². The van der Waals surface area contributed by atoms with E-state index in [0.29, 0.717) is 24.0 Å². The lowest BCUT2D eigenvalue weighted by molar-refractivity contribution is -0.135. The average Bonchev–Trinajstić information content (AvgIpc) is 3.34. The van der Waals surface area contributed by atoms with E-state index in [1.54, 1.807) is 30.5 Å². The van der Waals surface area contributed by atoms with Gasteiger partial charge in [0.05, 0.1) is 10.4 Å². The van der Waals surface area contributed by atoms with Crippen LogP contribution in [0.15, 0.2) is 78.2 Å². The van der Waals surface area contributed by atoms with Crippen LogP contribution in [0.2, 0.25) is 0 Å². The van der Waals surface area contributed by atoms with Crippen LogP contribution in [0.1, 0.15) is 40.1 Å². The molecule has 1 N–H and O–H groups in total. The number of amides is 1. The number of benzene rings is 2. The second kappa shape index (κ2) is 9.69. The van der Waals surface area contributed by atoms with E-state index in [1.807, 2.05) is 34.6 Å². The molecule has 0 saturated carbocycles.